The number of carboxylic acids is 1. The van der Waals surface area contributed by atoms with Crippen LogP contribution in [0, 0.1) is 0 Å². The Morgan fingerprint density at radius 1 is 0.420 bits per heavy atom. The van der Waals surface area contributed by atoms with Gasteiger partial charge in [-0.15, -0.1) is 0 Å². The van der Waals surface area contributed by atoms with E-state index in [-0.39, 0.29) is 32.2 Å². The number of aliphatic carboxylic acids is 1. The Balaban J connectivity index is 4.11. The van der Waals surface area contributed by atoms with Crippen molar-refractivity contribution in [3.05, 3.63) is 12.2 Å². The minimum atomic E-state index is -1.62. The van der Waals surface area contributed by atoms with Gasteiger partial charge in [0, 0.05) is 12.8 Å². The van der Waals surface area contributed by atoms with Crippen LogP contribution in [0.15, 0.2) is 12.2 Å². The van der Waals surface area contributed by atoms with Crippen LogP contribution in [-0.4, -0.2) is 82.3 Å². The highest BCUT2D eigenvalue weighted by molar-refractivity contribution is 5.70. The predicted molar refractivity (Wildman–Crippen MR) is 288 cm³/mol. The molecular weight excluding hydrogens is 863 g/mol. The van der Waals surface area contributed by atoms with Crippen molar-refractivity contribution in [2.45, 2.75) is 309 Å². The zero-order valence-corrected chi connectivity index (χ0v) is 46.5. The fourth-order valence-corrected chi connectivity index (χ4v) is 8.89. The average Bonchev–Trinajstić information content (AvgIpc) is 3.31. The lowest BCUT2D eigenvalue weighted by Gasteiger charge is -2.26. The Labute approximate surface area is 427 Å². The van der Waals surface area contributed by atoms with E-state index in [0.29, 0.717) is 17.4 Å². The summed E-state index contributed by atoms with van der Waals surface area (Å²) < 4.78 is 22.7. The molecule has 9 nitrogen and oxygen atoms in total. The molecule has 0 aliphatic carbocycles. The fourth-order valence-electron chi connectivity index (χ4n) is 8.89. The van der Waals surface area contributed by atoms with E-state index in [2.05, 4.69) is 26.0 Å². The van der Waals surface area contributed by atoms with Crippen molar-refractivity contribution in [1.82, 2.24) is 0 Å². The molecule has 2 unspecified atom stereocenters. The van der Waals surface area contributed by atoms with Crippen LogP contribution >= 0.6 is 0 Å². The monoisotopic (exact) mass is 978 g/mol. The Hall–Kier alpha value is -1.97. The fraction of sp³-hybridized carbons (Fsp3) is 0.917. The second-order valence-electron chi connectivity index (χ2n) is 21.6. The molecule has 69 heavy (non-hydrogen) atoms. The summed E-state index contributed by atoms with van der Waals surface area (Å²) in [7, 11) is 5.93. The summed E-state index contributed by atoms with van der Waals surface area (Å²) in [4.78, 5) is 37.2. The number of likely N-dealkylation sites (N-methyl/N-ethyl adjacent to an activating group) is 1. The Morgan fingerprint density at radius 2 is 0.739 bits per heavy atom. The maximum Gasteiger partial charge on any atom is 0.306 e. The van der Waals surface area contributed by atoms with Gasteiger partial charge in [-0.05, 0) is 38.5 Å². The summed E-state index contributed by atoms with van der Waals surface area (Å²) in [5.74, 6) is -2.26. The minimum absolute atomic E-state index is 0.152. The van der Waals surface area contributed by atoms with Crippen LogP contribution in [0.2, 0.25) is 0 Å². The molecule has 0 bridgehead atoms. The third kappa shape index (κ3) is 53.7. The van der Waals surface area contributed by atoms with Crippen molar-refractivity contribution >= 4 is 17.9 Å². The average molecular weight is 979 g/mol. The van der Waals surface area contributed by atoms with E-state index in [9.17, 15) is 19.5 Å². The van der Waals surface area contributed by atoms with Crippen molar-refractivity contribution in [1.29, 1.82) is 0 Å². The molecule has 0 aliphatic heterocycles. The van der Waals surface area contributed by atoms with Crippen molar-refractivity contribution in [3.63, 3.8) is 0 Å². The molecule has 0 aliphatic rings. The Kier molecular flexibility index (Phi) is 50.9. The van der Waals surface area contributed by atoms with Crippen LogP contribution in [0.3, 0.4) is 0 Å². The first-order chi connectivity index (χ1) is 33.6. The molecule has 408 valence electrons. The van der Waals surface area contributed by atoms with Crippen LogP contribution in [0.4, 0.5) is 0 Å². The van der Waals surface area contributed by atoms with Gasteiger partial charge in [-0.25, -0.2) is 0 Å². The highest BCUT2D eigenvalue weighted by Gasteiger charge is 2.22. The molecule has 0 saturated carbocycles. The number of nitrogens with zero attached hydrogens (tertiary/aromatic N) is 1. The molecule has 0 spiro atoms. The number of hydrogen-bond acceptors (Lipinski definition) is 8. The number of hydrogen-bond donors (Lipinski definition) is 0. The highest BCUT2D eigenvalue weighted by Crippen LogP contribution is 2.17. The molecule has 0 saturated heterocycles. The number of carbonyl (C=O) groups is 3. The molecular formula is C60H115NO8. The van der Waals surface area contributed by atoms with Crippen molar-refractivity contribution in [2.24, 2.45) is 0 Å². The van der Waals surface area contributed by atoms with E-state index in [1.165, 1.54) is 231 Å². The number of esters is 2. The molecule has 0 amide bonds. The Morgan fingerprint density at radius 3 is 1.07 bits per heavy atom. The first kappa shape index (κ1) is 67.0. The van der Waals surface area contributed by atoms with E-state index in [4.69, 9.17) is 18.9 Å². The van der Waals surface area contributed by atoms with Gasteiger partial charge < -0.3 is 33.3 Å². The number of carbonyl (C=O) groups excluding carboxylic acids is 3. The lowest BCUT2D eigenvalue weighted by Crippen LogP contribution is -2.44. The summed E-state index contributed by atoms with van der Waals surface area (Å²) in [5.41, 5.74) is 0. The van der Waals surface area contributed by atoms with Gasteiger partial charge in [0.15, 0.2) is 12.4 Å². The van der Waals surface area contributed by atoms with Crippen LogP contribution in [0.25, 0.3) is 0 Å². The maximum absolute atomic E-state index is 12.9. The summed E-state index contributed by atoms with van der Waals surface area (Å²) in [5, 5.41) is 11.8. The standard InChI is InChI=1S/C60H115NO8/c1-6-8-10-12-14-16-18-20-22-23-24-25-26-27-28-29-30-31-32-33-34-35-37-39-41-43-45-47-49-51-58(63)69-56(55-68-60(59(64)65)66-53-52-61(3,4)5)54-67-57(62)50-48-46-44-42-40-38-36-21-19-17-15-13-11-9-7-2/h23-24,56,60H,6-22,25-55H2,1-5H3/b24-23-. The van der Waals surface area contributed by atoms with Gasteiger partial charge in [-0.1, -0.05) is 257 Å². The SMILES string of the molecule is CCCCCCCCCC/C=C\CCCCCCCCCCCCCCCCCCCC(=O)OC(COC(=O)CCCCCCCCCCCCCCCCC)COC(OCC[N+](C)(C)C)C(=O)[O-]. The first-order valence-corrected chi connectivity index (χ1v) is 29.8. The van der Waals surface area contributed by atoms with E-state index in [1.54, 1.807) is 0 Å². The van der Waals surface area contributed by atoms with E-state index in [1.807, 2.05) is 21.1 Å². The van der Waals surface area contributed by atoms with Crippen molar-refractivity contribution in [3.8, 4) is 0 Å². The van der Waals surface area contributed by atoms with Gasteiger partial charge in [0.25, 0.3) is 0 Å². The number of quaternary nitrogens is 1. The Bertz CT molecular complexity index is 1140. The van der Waals surface area contributed by atoms with E-state index >= 15 is 0 Å². The molecule has 0 aromatic heterocycles. The number of rotatable bonds is 56. The molecule has 0 rings (SSSR count). The van der Waals surface area contributed by atoms with Crippen molar-refractivity contribution in [2.75, 3.05) is 47.5 Å². The van der Waals surface area contributed by atoms with E-state index < -0.39 is 24.3 Å². The number of allylic oxidation sites excluding steroid dienone is 2. The summed E-state index contributed by atoms with van der Waals surface area (Å²) in [6, 6.07) is 0. The number of unbranched alkanes of at least 4 members (excludes halogenated alkanes) is 39. The van der Waals surface area contributed by atoms with E-state index in [0.717, 1.165) is 38.5 Å². The lowest BCUT2D eigenvalue weighted by molar-refractivity contribution is -0.870. The van der Waals surface area contributed by atoms with Crippen LogP contribution in [0.5, 0.6) is 0 Å². The normalized spacial score (nSPS) is 12.8. The molecule has 0 radical (unpaired) electrons. The van der Waals surface area contributed by atoms with Crippen LogP contribution in [-0.2, 0) is 33.3 Å². The van der Waals surface area contributed by atoms with Gasteiger partial charge >= 0.3 is 11.9 Å². The maximum atomic E-state index is 12.9. The highest BCUT2D eigenvalue weighted by atomic mass is 16.7. The topological polar surface area (TPSA) is 111 Å². The first-order valence-electron chi connectivity index (χ1n) is 29.8. The second kappa shape index (κ2) is 52.4. The number of ether oxygens (including phenoxy) is 4. The van der Waals surface area contributed by atoms with Gasteiger partial charge in [-0.3, -0.25) is 9.59 Å². The molecule has 9 heteroatoms. The third-order valence-corrected chi connectivity index (χ3v) is 13.5. The third-order valence-electron chi connectivity index (χ3n) is 13.5. The zero-order valence-electron chi connectivity index (χ0n) is 46.5. The smallest absolute Gasteiger partial charge is 0.306 e. The minimum Gasteiger partial charge on any atom is -0.545 e. The quantitative estimate of drug-likeness (QED) is 0.0195. The van der Waals surface area contributed by atoms with Crippen LogP contribution < -0.4 is 5.11 Å². The lowest BCUT2D eigenvalue weighted by atomic mass is 10.0. The van der Waals surface area contributed by atoms with Crippen LogP contribution in [0.1, 0.15) is 296 Å². The molecule has 0 aromatic rings. The summed E-state index contributed by atoms with van der Waals surface area (Å²) in [6.45, 7) is 4.80. The summed E-state index contributed by atoms with van der Waals surface area (Å²) >= 11 is 0. The van der Waals surface area contributed by atoms with Gasteiger partial charge in [0.05, 0.1) is 40.3 Å². The predicted octanol–water partition coefficient (Wildman–Crippen LogP) is 16.0. The number of carboxylic acid groups (broad SMARTS) is 1. The largest absolute Gasteiger partial charge is 0.545 e. The molecule has 0 N–H and O–H groups in total. The van der Waals surface area contributed by atoms with Gasteiger partial charge in [-0.2, -0.15) is 0 Å². The molecule has 0 heterocycles. The van der Waals surface area contributed by atoms with Gasteiger partial charge in [0.2, 0.25) is 0 Å². The zero-order chi connectivity index (χ0) is 50.6. The van der Waals surface area contributed by atoms with Gasteiger partial charge in [0.1, 0.15) is 13.2 Å². The molecule has 0 fully saturated rings. The second-order valence-corrected chi connectivity index (χ2v) is 21.6. The molecule has 2 atom stereocenters. The summed E-state index contributed by atoms with van der Waals surface area (Å²) in [6.07, 6.45) is 57.0. The molecule has 0 aromatic carbocycles. The van der Waals surface area contributed by atoms with Crippen molar-refractivity contribution < 1.29 is 42.9 Å².